The fourth-order valence-corrected chi connectivity index (χ4v) is 2.90. The van der Waals surface area contributed by atoms with Crippen LogP contribution in [-0.4, -0.2) is 55.4 Å². The Morgan fingerprint density at radius 1 is 0.958 bits per heavy atom. The molecule has 1 atom stereocenters. The molecular formula is C19H23FN2O2. The molecule has 0 aromatic heterocycles. The summed E-state index contributed by atoms with van der Waals surface area (Å²) in [5, 5.41) is 10.1. The third kappa shape index (κ3) is 4.69. The molecular weight excluding hydrogens is 307 g/mol. The molecule has 0 radical (unpaired) electrons. The van der Waals surface area contributed by atoms with Crippen LogP contribution in [0.5, 0.6) is 5.75 Å². The predicted molar refractivity (Wildman–Crippen MR) is 93.0 cm³/mol. The van der Waals surface area contributed by atoms with Gasteiger partial charge in [-0.3, -0.25) is 4.90 Å². The largest absolute Gasteiger partial charge is 0.491 e. The Kier molecular flexibility index (Phi) is 5.67. The van der Waals surface area contributed by atoms with Gasteiger partial charge < -0.3 is 14.7 Å². The monoisotopic (exact) mass is 330 g/mol. The first-order valence-corrected chi connectivity index (χ1v) is 8.29. The maximum absolute atomic E-state index is 12.8. The second-order valence-corrected chi connectivity index (χ2v) is 6.04. The molecule has 3 rings (SSSR count). The van der Waals surface area contributed by atoms with Crippen LogP contribution in [0.25, 0.3) is 0 Å². The topological polar surface area (TPSA) is 35.9 Å². The molecule has 1 aliphatic rings. The van der Waals surface area contributed by atoms with Gasteiger partial charge in [0, 0.05) is 38.4 Å². The molecule has 1 saturated heterocycles. The number of anilines is 1. The summed E-state index contributed by atoms with van der Waals surface area (Å²) in [6, 6.07) is 16.2. The van der Waals surface area contributed by atoms with E-state index in [4.69, 9.17) is 4.74 Å². The normalized spacial score (nSPS) is 16.8. The van der Waals surface area contributed by atoms with Crippen molar-refractivity contribution in [1.82, 2.24) is 4.90 Å². The Labute approximate surface area is 142 Å². The fraction of sp³-hybridized carbons (Fsp3) is 0.368. The Morgan fingerprint density at radius 2 is 1.62 bits per heavy atom. The van der Waals surface area contributed by atoms with Gasteiger partial charge in [-0.1, -0.05) is 18.2 Å². The zero-order valence-corrected chi connectivity index (χ0v) is 13.6. The molecule has 1 aliphatic heterocycles. The van der Waals surface area contributed by atoms with Gasteiger partial charge in [0.2, 0.25) is 0 Å². The lowest BCUT2D eigenvalue weighted by Gasteiger charge is -2.36. The van der Waals surface area contributed by atoms with E-state index in [1.54, 1.807) is 12.1 Å². The highest BCUT2D eigenvalue weighted by Crippen LogP contribution is 2.16. The minimum atomic E-state index is -0.557. The second-order valence-electron chi connectivity index (χ2n) is 6.04. The van der Waals surface area contributed by atoms with Crippen molar-refractivity contribution in [2.24, 2.45) is 0 Å². The molecule has 5 heteroatoms. The van der Waals surface area contributed by atoms with Gasteiger partial charge in [-0.25, -0.2) is 4.39 Å². The van der Waals surface area contributed by atoms with Crippen LogP contribution in [0.4, 0.5) is 10.1 Å². The number of hydrogen-bond donors (Lipinski definition) is 1. The molecule has 0 aliphatic carbocycles. The van der Waals surface area contributed by atoms with Crippen molar-refractivity contribution < 1.29 is 14.2 Å². The van der Waals surface area contributed by atoms with Crippen molar-refractivity contribution in [3.05, 3.63) is 60.4 Å². The first-order chi connectivity index (χ1) is 11.7. The number of hydrogen-bond acceptors (Lipinski definition) is 4. The highest BCUT2D eigenvalue weighted by atomic mass is 19.1. The van der Waals surface area contributed by atoms with Crippen molar-refractivity contribution in [1.29, 1.82) is 0 Å². The first kappa shape index (κ1) is 16.7. The van der Waals surface area contributed by atoms with E-state index < -0.39 is 6.10 Å². The summed E-state index contributed by atoms with van der Waals surface area (Å²) in [5.74, 6) is 0.281. The predicted octanol–water partition coefficient (Wildman–Crippen LogP) is 2.39. The van der Waals surface area contributed by atoms with Crippen LogP contribution in [-0.2, 0) is 0 Å². The third-order valence-corrected chi connectivity index (χ3v) is 4.22. The lowest BCUT2D eigenvalue weighted by Crippen LogP contribution is -2.49. The van der Waals surface area contributed by atoms with Crippen LogP contribution in [0.3, 0.4) is 0 Å². The Morgan fingerprint density at radius 3 is 2.29 bits per heavy atom. The molecule has 0 bridgehead atoms. The molecule has 128 valence electrons. The van der Waals surface area contributed by atoms with Crippen LogP contribution in [0.2, 0.25) is 0 Å². The maximum Gasteiger partial charge on any atom is 0.123 e. The van der Waals surface area contributed by atoms with E-state index in [1.165, 1.54) is 17.8 Å². The SMILES string of the molecule is O[C@@H](COc1ccc(F)cc1)CN1CCN(c2ccccc2)CC1. The van der Waals surface area contributed by atoms with Crippen LogP contribution < -0.4 is 9.64 Å². The van der Waals surface area contributed by atoms with Gasteiger partial charge in [0.25, 0.3) is 0 Å². The molecule has 0 saturated carbocycles. The number of aliphatic hydroxyl groups is 1. The summed E-state index contributed by atoms with van der Waals surface area (Å²) in [5.41, 5.74) is 1.25. The minimum Gasteiger partial charge on any atom is -0.491 e. The summed E-state index contributed by atoms with van der Waals surface area (Å²) < 4.78 is 18.3. The summed E-state index contributed by atoms with van der Waals surface area (Å²) in [6.07, 6.45) is -0.557. The summed E-state index contributed by atoms with van der Waals surface area (Å²) in [7, 11) is 0. The highest BCUT2D eigenvalue weighted by Gasteiger charge is 2.19. The Hall–Kier alpha value is -2.11. The molecule has 24 heavy (non-hydrogen) atoms. The van der Waals surface area contributed by atoms with Crippen molar-refractivity contribution >= 4 is 5.69 Å². The van der Waals surface area contributed by atoms with Crippen LogP contribution in [0.15, 0.2) is 54.6 Å². The highest BCUT2D eigenvalue weighted by molar-refractivity contribution is 5.46. The lowest BCUT2D eigenvalue weighted by molar-refractivity contribution is 0.0663. The Balaban J connectivity index is 1.40. The standard InChI is InChI=1S/C19H23FN2O2/c20-16-6-8-19(9-7-16)24-15-18(23)14-21-10-12-22(13-11-21)17-4-2-1-3-5-17/h1-9,18,23H,10-15H2/t18-/m1/s1. The molecule has 0 amide bonds. The van der Waals surface area contributed by atoms with E-state index in [0.717, 1.165) is 26.2 Å². The molecule has 1 fully saturated rings. The molecule has 4 nitrogen and oxygen atoms in total. The fourth-order valence-electron chi connectivity index (χ4n) is 2.90. The minimum absolute atomic E-state index is 0.213. The van der Waals surface area contributed by atoms with Gasteiger partial charge >= 0.3 is 0 Å². The number of halogens is 1. The molecule has 0 spiro atoms. The van der Waals surface area contributed by atoms with E-state index in [0.29, 0.717) is 12.3 Å². The number of para-hydroxylation sites is 1. The van der Waals surface area contributed by atoms with Crippen molar-refractivity contribution in [2.75, 3.05) is 44.2 Å². The number of aliphatic hydroxyl groups excluding tert-OH is 1. The van der Waals surface area contributed by atoms with Gasteiger partial charge in [0.15, 0.2) is 0 Å². The van der Waals surface area contributed by atoms with E-state index >= 15 is 0 Å². The molecule has 0 unspecified atom stereocenters. The molecule has 2 aromatic rings. The zero-order chi connectivity index (χ0) is 16.8. The van der Waals surface area contributed by atoms with E-state index in [2.05, 4.69) is 34.1 Å². The molecule has 1 heterocycles. The van der Waals surface area contributed by atoms with Crippen LogP contribution in [0.1, 0.15) is 0 Å². The van der Waals surface area contributed by atoms with Gasteiger partial charge in [-0.05, 0) is 36.4 Å². The summed E-state index contributed by atoms with van der Waals surface area (Å²) in [4.78, 5) is 4.61. The quantitative estimate of drug-likeness (QED) is 0.882. The van der Waals surface area contributed by atoms with E-state index in [9.17, 15) is 9.50 Å². The smallest absolute Gasteiger partial charge is 0.123 e. The number of ether oxygens (including phenoxy) is 1. The van der Waals surface area contributed by atoms with Crippen molar-refractivity contribution in [3.63, 3.8) is 0 Å². The van der Waals surface area contributed by atoms with E-state index in [1.807, 2.05) is 6.07 Å². The molecule has 2 aromatic carbocycles. The zero-order valence-electron chi connectivity index (χ0n) is 13.6. The number of benzene rings is 2. The molecule has 1 N–H and O–H groups in total. The average molecular weight is 330 g/mol. The van der Waals surface area contributed by atoms with Gasteiger partial charge in [0.05, 0.1) is 0 Å². The summed E-state index contributed by atoms with van der Waals surface area (Å²) >= 11 is 0. The van der Waals surface area contributed by atoms with Gasteiger partial charge in [-0.2, -0.15) is 0 Å². The summed E-state index contributed by atoms with van der Waals surface area (Å²) in [6.45, 7) is 4.55. The maximum atomic E-state index is 12.8. The third-order valence-electron chi connectivity index (χ3n) is 4.22. The van der Waals surface area contributed by atoms with Crippen LogP contribution >= 0.6 is 0 Å². The van der Waals surface area contributed by atoms with E-state index in [-0.39, 0.29) is 12.4 Å². The lowest BCUT2D eigenvalue weighted by atomic mass is 10.2. The number of piperazine rings is 1. The van der Waals surface area contributed by atoms with Gasteiger partial charge in [0.1, 0.15) is 24.3 Å². The number of rotatable bonds is 6. The van der Waals surface area contributed by atoms with Crippen molar-refractivity contribution in [2.45, 2.75) is 6.10 Å². The van der Waals surface area contributed by atoms with Crippen LogP contribution in [0, 0.1) is 5.82 Å². The number of nitrogens with zero attached hydrogens (tertiary/aromatic N) is 2. The van der Waals surface area contributed by atoms with Gasteiger partial charge in [-0.15, -0.1) is 0 Å². The second kappa shape index (κ2) is 8.13. The van der Waals surface area contributed by atoms with Crippen molar-refractivity contribution in [3.8, 4) is 5.75 Å². The average Bonchev–Trinajstić information content (AvgIpc) is 2.63. The number of β-amino-alcohol motifs (C(OH)–C–C–N with tert-alkyl or cyclic N) is 1. The Bertz CT molecular complexity index is 613. The first-order valence-electron chi connectivity index (χ1n) is 8.29.